The molecular formula is C37H31F3N6O4S. The minimum Gasteiger partial charge on any atom is -0.455 e. The standard InChI is InChI=1S/C37H31F3N6O4S/c1-41-37(47)33-25-16-24(29(44(2)51(3,48)49)17-31(25)50-36(33)20-7-9-22(38)10-8-20)27-11-12-28-34(43-27)30-15-21-5-4-6-26(40)35(21)46(30)32(42-28)13-14-45-18-23(39)19-45/h4-12,15-17,23H,13-14,18-19H2,1-3H3,(H,41,47). The molecule has 1 saturated heterocycles. The van der Waals surface area contributed by atoms with Crippen LogP contribution in [-0.2, 0) is 16.4 Å². The number of benzene rings is 3. The molecule has 0 spiro atoms. The maximum Gasteiger partial charge on any atom is 0.255 e. The van der Waals surface area contributed by atoms with Crippen LogP contribution in [0.5, 0.6) is 0 Å². The van der Waals surface area contributed by atoms with Crippen LogP contribution in [0, 0.1) is 11.6 Å². The van der Waals surface area contributed by atoms with Crippen molar-refractivity contribution in [3.63, 3.8) is 0 Å². The molecule has 0 unspecified atom stereocenters. The third-order valence-corrected chi connectivity index (χ3v) is 10.6. The molecule has 10 nitrogen and oxygen atoms in total. The smallest absolute Gasteiger partial charge is 0.255 e. The molecule has 0 aliphatic carbocycles. The number of anilines is 1. The summed E-state index contributed by atoms with van der Waals surface area (Å²) in [6.45, 7) is 1.24. The van der Waals surface area contributed by atoms with Gasteiger partial charge in [-0.25, -0.2) is 31.6 Å². The van der Waals surface area contributed by atoms with Crippen molar-refractivity contribution in [1.29, 1.82) is 0 Å². The third-order valence-electron chi connectivity index (χ3n) is 9.44. The topological polar surface area (TPSA) is 113 Å². The number of alkyl halides is 1. The fourth-order valence-corrected chi connectivity index (χ4v) is 7.28. The number of pyridine rings is 1. The van der Waals surface area contributed by atoms with Gasteiger partial charge in [-0.3, -0.25) is 18.4 Å². The van der Waals surface area contributed by atoms with Crippen molar-refractivity contribution in [2.24, 2.45) is 0 Å². The first-order chi connectivity index (χ1) is 24.4. The van der Waals surface area contributed by atoms with E-state index >= 15 is 4.39 Å². The number of para-hydroxylation sites is 1. The van der Waals surface area contributed by atoms with E-state index in [-0.39, 0.29) is 22.6 Å². The van der Waals surface area contributed by atoms with Crippen LogP contribution in [0.3, 0.4) is 0 Å². The molecule has 0 saturated carbocycles. The maximum absolute atomic E-state index is 15.4. The molecule has 51 heavy (non-hydrogen) atoms. The molecule has 7 aromatic rings. The van der Waals surface area contributed by atoms with E-state index < -0.39 is 33.7 Å². The second kappa shape index (κ2) is 12.1. The Kier molecular flexibility index (Phi) is 7.76. The van der Waals surface area contributed by atoms with Crippen molar-refractivity contribution in [1.82, 2.24) is 24.6 Å². The van der Waals surface area contributed by atoms with Crippen molar-refractivity contribution < 1.29 is 30.8 Å². The van der Waals surface area contributed by atoms with Crippen LogP contribution in [0.25, 0.3) is 61.0 Å². The minimum atomic E-state index is -3.80. The molecular weight excluding hydrogens is 682 g/mol. The largest absolute Gasteiger partial charge is 0.455 e. The van der Waals surface area contributed by atoms with Gasteiger partial charge in [-0.1, -0.05) is 12.1 Å². The zero-order valence-corrected chi connectivity index (χ0v) is 28.6. The summed E-state index contributed by atoms with van der Waals surface area (Å²) in [4.78, 5) is 25.2. The lowest BCUT2D eigenvalue weighted by Crippen LogP contribution is -2.49. The van der Waals surface area contributed by atoms with Gasteiger partial charge in [0.15, 0.2) is 0 Å². The molecule has 0 bridgehead atoms. The number of rotatable bonds is 8. The molecule has 3 aromatic carbocycles. The van der Waals surface area contributed by atoms with Crippen LogP contribution in [0.15, 0.2) is 77.2 Å². The highest BCUT2D eigenvalue weighted by atomic mass is 32.2. The highest BCUT2D eigenvalue weighted by molar-refractivity contribution is 7.92. The predicted octanol–water partition coefficient (Wildman–Crippen LogP) is 6.35. The average Bonchev–Trinajstić information content (AvgIpc) is 3.68. The Morgan fingerprint density at radius 2 is 1.80 bits per heavy atom. The Labute approximate surface area is 290 Å². The number of furan rings is 1. The van der Waals surface area contributed by atoms with E-state index in [1.807, 2.05) is 11.0 Å². The fourth-order valence-electron chi connectivity index (χ4n) is 6.78. The van der Waals surface area contributed by atoms with E-state index in [1.54, 1.807) is 34.7 Å². The van der Waals surface area contributed by atoms with Crippen molar-refractivity contribution in [3.05, 3.63) is 95.8 Å². The predicted molar refractivity (Wildman–Crippen MR) is 190 cm³/mol. The van der Waals surface area contributed by atoms with Gasteiger partial charge in [0.05, 0.1) is 39.8 Å². The summed E-state index contributed by atoms with van der Waals surface area (Å²) >= 11 is 0. The lowest BCUT2D eigenvalue weighted by molar-refractivity contribution is 0.0665. The van der Waals surface area contributed by atoms with Crippen molar-refractivity contribution in [2.75, 3.05) is 44.3 Å². The van der Waals surface area contributed by atoms with Crippen LogP contribution in [0.4, 0.5) is 18.9 Å². The number of sulfonamides is 1. The van der Waals surface area contributed by atoms with E-state index in [4.69, 9.17) is 14.4 Å². The maximum atomic E-state index is 15.4. The van der Waals surface area contributed by atoms with Gasteiger partial charge in [-0.15, -0.1) is 0 Å². The normalized spacial score (nSPS) is 14.2. The fraction of sp³-hybridized carbons (Fsp3) is 0.216. The molecule has 8 rings (SSSR count). The van der Waals surface area contributed by atoms with Gasteiger partial charge >= 0.3 is 0 Å². The summed E-state index contributed by atoms with van der Waals surface area (Å²) in [6.07, 6.45) is 0.662. The molecule has 0 atom stereocenters. The van der Waals surface area contributed by atoms with Crippen LogP contribution in [0.2, 0.25) is 0 Å². The molecule has 1 aliphatic rings. The number of nitrogens with zero attached hydrogens (tertiary/aromatic N) is 5. The summed E-state index contributed by atoms with van der Waals surface area (Å²) in [7, 11) is -0.915. The van der Waals surface area contributed by atoms with Gasteiger partial charge in [-0.2, -0.15) is 0 Å². The number of nitrogens with one attached hydrogen (secondary N) is 1. The average molecular weight is 713 g/mol. The summed E-state index contributed by atoms with van der Waals surface area (Å²) in [5.74, 6) is -0.578. The molecule has 1 fully saturated rings. The van der Waals surface area contributed by atoms with Gasteiger partial charge in [0.2, 0.25) is 10.0 Å². The van der Waals surface area contributed by atoms with Gasteiger partial charge in [-0.05, 0) is 54.6 Å². The Hall–Kier alpha value is -5.47. The Morgan fingerprint density at radius 1 is 1.04 bits per heavy atom. The molecule has 4 aromatic heterocycles. The highest BCUT2D eigenvalue weighted by Crippen LogP contribution is 2.41. The highest BCUT2D eigenvalue weighted by Gasteiger charge is 2.28. The molecule has 0 radical (unpaired) electrons. The Morgan fingerprint density at radius 3 is 2.51 bits per heavy atom. The summed E-state index contributed by atoms with van der Waals surface area (Å²) in [5.41, 5.74) is 3.73. The monoisotopic (exact) mass is 712 g/mol. The lowest BCUT2D eigenvalue weighted by Gasteiger charge is -2.34. The number of carbonyl (C=O) groups is 1. The molecule has 5 heterocycles. The summed E-state index contributed by atoms with van der Waals surface area (Å²) < 4.78 is 77.7. The first-order valence-electron chi connectivity index (χ1n) is 16.2. The van der Waals surface area contributed by atoms with E-state index in [0.29, 0.717) is 81.5 Å². The number of aromatic nitrogens is 3. The number of fused-ring (bicyclic) bond motifs is 6. The van der Waals surface area contributed by atoms with Crippen molar-refractivity contribution >= 4 is 60.0 Å². The zero-order chi connectivity index (χ0) is 35.8. The number of hydrogen-bond acceptors (Lipinski definition) is 7. The van der Waals surface area contributed by atoms with E-state index in [9.17, 15) is 22.0 Å². The quantitative estimate of drug-likeness (QED) is 0.196. The number of carbonyl (C=O) groups excluding carboxylic acids is 1. The number of halogens is 3. The number of likely N-dealkylation sites (tertiary alicyclic amines) is 1. The van der Waals surface area contributed by atoms with E-state index in [0.717, 1.165) is 10.6 Å². The van der Waals surface area contributed by atoms with Crippen molar-refractivity contribution in [3.8, 4) is 22.6 Å². The third kappa shape index (κ3) is 5.54. The second-order valence-electron chi connectivity index (χ2n) is 12.7. The summed E-state index contributed by atoms with van der Waals surface area (Å²) in [6, 6.07) is 18.8. The van der Waals surface area contributed by atoms with Crippen LogP contribution in [-0.4, -0.2) is 79.8 Å². The Balaban J connectivity index is 1.37. The lowest BCUT2D eigenvalue weighted by atomic mass is 10.0. The van der Waals surface area contributed by atoms with Gasteiger partial charge in [0.1, 0.15) is 40.5 Å². The van der Waals surface area contributed by atoms with Crippen molar-refractivity contribution in [2.45, 2.75) is 12.6 Å². The van der Waals surface area contributed by atoms with Gasteiger partial charge in [0, 0.05) is 68.1 Å². The first kappa shape index (κ1) is 32.7. The SMILES string of the molecule is CNC(=O)c1c(-c2ccc(F)cc2)oc2cc(N(C)S(C)(=O)=O)c(-c3ccc4nc(CCN5CC(F)C5)n5c(cc6cccc(F)c65)c4n3)cc12. The van der Waals surface area contributed by atoms with E-state index in [2.05, 4.69) is 5.32 Å². The number of amides is 1. The van der Waals surface area contributed by atoms with Crippen LogP contribution < -0.4 is 9.62 Å². The minimum absolute atomic E-state index is 0.179. The molecule has 1 aliphatic heterocycles. The zero-order valence-electron chi connectivity index (χ0n) is 27.7. The molecule has 260 valence electrons. The second-order valence-corrected chi connectivity index (χ2v) is 14.7. The van der Waals surface area contributed by atoms with Gasteiger partial charge in [0.25, 0.3) is 5.91 Å². The first-order valence-corrected chi connectivity index (χ1v) is 18.0. The van der Waals surface area contributed by atoms with Gasteiger partial charge < -0.3 is 9.73 Å². The van der Waals surface area contributed by atoms with Crippen LogP contribution in [0.1, 0.15) is 16.2 Å². The van der Waals surface area contributed by atoms with E-state index in [1.165, 1.54) is 50.5 Å². The molecule has 1 amide bonds. The Bertz CT molecular complexity index is 2650. The van der Waals surface area contributed by atoms with Crippen LogP contribution >= 0.6 is 0 Å². The molecule has 1 N–H and O–H groups in total. The number of hydrogen-bond donors (Lipinski definition) is 1. The molecule has 14 heteroatoms. The summed E-state index contributed by atoms with van der Waals surface area (Å²) in [5, 5.41) is 3.66.